The molecule has 1 aromatic carbocycles. The molecule has 166 valence electrons. The summed E-state index contributed by atoms with van der Waals surface area (Å²) in [6.45, 7) is 4.56. The van der Waals surface area contributed by atoms with Crippen molar-refractivity contribution >= 4 is 27.6 Å². The van der Waals surface area contributed by atoms with E-state index >= 15 is 0 Å². The van der Waals surface area contributed by atoms with E-state index in [2.05, 4.69) is 10.6 Å². The number of nitro benzene ring substituents is 1. The first-order valence-corrected chi connectivity index (χ1v) is 11.2. The molecule has 2 rings (SSSR count). The molecule has 0 aliphatic carbocycles. The van der Waals surface area contributed by atoms with Gasteiger partial charge in [-0.1, -0.05) is 13.0 Å². The molecule has 1 aromatic rings. The number of urea groups is 1. The van der Waals surface area contributed by atoms with Crippen molar-refractivity contribution in [3.63, 3.8) is 0 Å². The Hall–Kier alpha value is -2.73. The van der Waals surface area contributed by atoms with Crippen molar-refractivity contribution in [1.29, 1.82) is 0 Å². The minimum absolute atomic E-state index is 0.0763. The van der Waals surface area contributed by atoms with Gasteiger partial charge in [-0.15, -0.1) is 0 Å². The van der Waals surface area contributed by atoms with Gasteiger partial charge < -0.3 is 15.5 Å². The van der Waals surface area contributed by atoms with Crippen molar-refractivity contribution in [1.82, 2.24) is 19.8 Å². The molecular formula is C18H27N5O6S. The zero-order valence-corrected chi connectivity index (χ0v) is 17.9. The smallest absolute Gasteiger partial charge is 0.317 e. The normalized spacial score (nSPS) is 16.0. The third kappa shape index (κ3) is 6.13. The molecular weight excluding hydrogens is 414 g/mol. The van der Waals surface area contributed by atoms with E-state index in [1.807, 2.05) is 13.8 Å². The third-order valence-electron chi connectivity index (χ3n) is 4.84. The van der Waals surface area contributed by atoms with E-state index in [1.54, 1.807) is 0 Å². The number of rotatable bonds is 8. The van der Waals surface area contributed by atoms with Crippen LogP contribution in [0, 0.1) is 10.1 Å². The van der Waals surface area contributed by atoms with Crippen molar-refractivity contribution in [2.24, 2.45) is 0 Å². The molecule has 0 radical (unpaired) electrons. The van der Waals surface area contributed by atoms with Gasteiger partial charge in [-0.2, -0.15) is 4.31 Å². The number of hydrogen-bond acceptors (Lipinski definition) is 6. The number of nitrogens with one attached hydrogen (secondary N) is 2. The van der Waals surface area contributed by atoms with Crippen LogP contribution >= 0.6 is 0 Å². The standard InChI is InChI=1S/C18H27N5O6S/c1-3-14(2)20-17(24)7-8-19-18(25)21-9-11-22(12-10-21)30(28,29)16-6-4-5-15(13-16)23(26)27/h4-6,13-14H,3,7-12H2,1-2H3,(H,19,25)(H,20,24). The van der Waals surface area contributed by atoms with Crippen LogP contribution in [0.5, 0.6) is 0 Å². The fourth-order valence-electron chi connectivity index (χ4n) is 2.88. The van der Waals surface area contributed by atoms with Crippen molar-refractivity contribution in [3.8, 4) is 0 Å². The maximum Gasteiger partial charge on any atom is 0.317 e. The summed E-state index contributed by atoms with van der Waals surface area (Å²) in [5, 5.41) is 16.4. The summed E-state index contributed by atoms with van der Waals surface area (Å²) in [5.41, 5.74) is -0.300. The second-order valence-corrected chi connectivity index (χ2v) is 8.94. The van der Waals surface area contributed by atoms with Gasteiger partial charge in [0, 0.05) is 57.3 Å². The number of carbonyl (C=O) groups is 2. The summed E-state index contributed by atoms with van der Waals surface area (Å²) < 4.78 is 26.7. The monoisotopic (exact) mass is 441 g/mol. The lowest BCUT2D eigenvalue weighted by Crippen LogP contribution is -2.53. The largest absolute Gasteiger partial charge is 0.354 e. The summed E-state index contributed by atoms with van der Waals surface area (Å²) in [6.07, 6.45) is 0.985. The molecule has 1 atom stereocenters. The van der Waals surface area contributed by atoms with E-state index < -0.39 is 14.9 Å². The molecule has 3 amide bonds. The van der Waals surface area contributed by atoms with Crippen molar-refractivity contribution in [2.75, 3.05) is 32.7 Å². The van der Waals surface area contributed by atoms with Gasteiger partial charge in [-0.3, -0.25) is 14.9 Å². The molecule has 1 fully saturated rings. The quantitative estimate of drug-likeness (QED) is 0.454. The molecule has 1 aliphatic rings. The second kappa shape index (κ2) is 10.3. The van der Waals surface area contributed by atoms with Gasteiger partial charge in [-0.25, -0.2) is 13.2 Å². The van der Waals surface area contributed by atoms with E-state index in [0.29, 0.717) is 0 Å². The van der Waals surface area contributed by atoms with Crippen LogP contribution in [0.2, 0.25) is 0 Å². The highest BCUT2D eigenvalue weighted by atomic mass is 32.2. The summed E-state index contributed by atoms with van der Waals surface area (Å²) in [4.78, 5) is 35.5. The van der Waals surface area contributed by atoms with Gasteiger partial charge in [-0.05, 0) is 19.4 Å². The van der Waals surface area contributed by atoms with Gasteiger partial charge in [0.15, 0.2) is 0 Å². The van der Waals surface area contributed by atoms with Crippen LogP contribution in [0.1, 0.15) is 26.7 Å². The Morgan fingerprint density at radius 2 is 1.90 bits per heavy atom. The number of nitro groups is 1. The predicted octanol–water partition coefficient (Wildman–Crippen LogP) is 0.916. The highest BCUT2D eigenvalue weighted by Gasteiger charge is 2.31. The van der Waals surface area contributed by atoms with Crippen LogP contribution in [-0.2, 0) is 14.8 Å². The molecule has 2 N–H and O–H groups in total. The molecule has 0 aromatic heterocycles. The number of carbonyl (C=O) groups excluding carboxylic acids is 2. The topological polar surface area (TPSA) is 142 Å². The fraction of sp³-hybridized carbons (Fsp3) is 0.556. The molecule has 1 heterocycles. The first-order chi connectivity index (χ1) is 14.1. The molecule has 0 bridgehead atoms. The maximum atomic E-state index is 12.7. The number of hydrogen-bond donors (Lipinski definition) is 2. The Kier molecular flexibility index (Phi) is 8.12. The first kappa shape index (κ1) is 23.5. The van der Waals surface area contributed by atoms with Gasteiger partial charge in [0.2, 0.25) is 15.9 Å². The number of piperazine rings is 1. The Balaban J connectivity index is 1.85. The zero-order chi connectivity index (χ0) is 22.3. The zero-order valence-electron chi connectivity index (χ0n) is 17.0. The lowest BCUT2D eigenvalue weighted by atomic mass is 10.2. The van der Waals surface area contributed by atoms with Gasteiger partial charge in [0.25, 0.3) is 5.69 Å². The average Bonchev–Trinajstić information content (AvgIpc) is 2.73. The SMILES string of the molecule is CCC(C)NC(=O)CCNC(=O)N1CCN(S(=O)(=O)c2cccc([N+](=O)[O-])c2)CC1. The minimum Gasteiger partial charge on any atom is -0.354 e. The lowest BCUT2D eigenvalue weighted by Gasteiger charge is -2.33. The molecule has 12 heteroatoms. The molecule has 1 saturated heterocycles. The Morgan fingerprint density at radius 3 is 2.50 bits per heavy atom. The molecule has 11 nitrogen and oxygen atoms in total. The predicted molar refractivity (Wildman–Crippen MR) is 109 cm³/mol. The van der Waals surface area contributed by atoms with Crippen LogP contribution in [0.25, 0.3) is 0 Å². The number of benzene rings is 1. The van der Waals surface area contributed by atoms with Crippen molar-refractivity contribution in [3.05, 3.63) is 34.4 Å². The number of nitrogens with zero attached hydrogens (tertiary/aromatic N) is 3. The van der Waals surface area contributed by atoms with Crippen LogP contribution in [-0.4, -0.2) is 73.3 Å². The summed E-state index contributed by atoms with van der Waals surface area (Å²) in [6, 6.07) is 4.61. The fourth-order valence-corrected chi connectivity index (χ4v) is 4.34. The second-order valence-electron chi connectivity index (χ2n) is 7.00. The minimum atomic E-state index is -3.89. The van der Waals surface area contributed by atoms with Crippen molar-refractivity contribution < 1.29 is 22.9 Å². The molecule has 0 spiro atoms. The lowest BCUT2D eigenvalue weighted by molar-refractivity contribution is -0.385. The van der Waals surface area contributed by atoms with Gasteiger partial charge in [0.1, 0.15) is 0 Å². The first-order valence-electron chi connectivity index (χ1n) is 9.72. The van der Waals surface area contributed by atoms with E-state index in [1.165, 1.54) is 27.4 Å². The van der Waals surface area contributed by atoms with Crippen LogP contribution in [0.4, 0.5) is 10.5 Å². The molecule has 1 aliphatic heterocycles. The average molecular weight is 442 g/mol. The molecule has 30 heavy (non-hydrogen) atoms. The van der Waals surface area contributed by atoms with Crippen LogP contribution in [0.3, 0.4) is 0 Å². The summed E-state index contributed by atoms with van der Waals surface area (Å²) in [5.74, 6) is -0.141. The summed E-state index contributed by atoms with van der Waals surface area (Å²) >= 11 is 0. The third-order valence-corrected chi connectivity index (χ3v) is 6.73. The highest BCUT2D eigenvalue weighted by molar-refractivity contribution is 7.89. The van der Waals surface area contributed by atoms with E-state index in [-0.39, 0.29) is 67.7 Å². The molecule has 1 unspecified atom stereocenters. The van der Waals surface area contributed by atoms with Crippen molar-refractivity contribution in [2.45, 2.75) is 37.6 Å². The van der Waals surface area contributed by atoms with E-state index in [4.69, 9.17) is 0 Å². The van der Waals surface area contributed by atoms with Crippen LogP contribution in [0.15, 0.2) is 29.2 Å². The van der Waals surface area contributed by atoms with Gasteiger partial charge >= 0.3 is 6.03 Å². The number of amides is 3. The van der Waals surface area contributed by atoms with Gasteiger partial charge in [0.05, 0.1) is 9.82 Å². The Morgan fingerprint density at radius 1 is 1.23 bits per heavy atom. The summed E-state index contributed by atoms with van der Waals surface area (Å²) in [7, 11) is -3.89. The molecule has 0 saturated carbocycles. The Bertz CT molecular complexity index is 883. The van der Waals surface area contributed by atoms with E-state index in [9.17, 15) is 28.1 Å². The maximum absolute atomic E-state index is 12.7. The van der Waals surface area contributed by atoms with E-state index in [0.717, 1.165) is 12.5 Å². The number of sulfonamides is 1. The Labute approximate surface area is 175 Å². The highest BCUT2D eigenvalue weighted by Crippen LogP contribution is 2.22. The van der Waals surface area contributed by atoms with Crippen LogP contribution < -0.4 is 10.6 Å². The number of non-ortho nitro benzene ring substituents is 1.